The average Bonchev–Trinajstić information content (AvgIpc) is 2.93. The molecule has 0 saturated carbocycles. The fourth-order valence-corrected chi connectivity index (χ4v) is 2.90. The number of alkyl halides is 3. The molecule has 0 fully saturated rings. The third kappa shape index (κ3) is 5.49. The van der Waals surface area contributed by atoms with Gasteiger partial charge in [-0.3, -0.25) is 0 Å². The number of hydrogen-bond donors (Lipinski definition) is 1. The van der Waals surface area contributed by atoms with Gasteiger partial charge >= 0.3 is 12.1 Å². The van der Waals surface area contributed by atoms with Crippen LogP contribution in [0.15, 0.2) is 36.5 Å². The zero-order valence-corrected chi connectivity index (χ0v) is 16.8. The molecule has 0 aliphatic carbocycles. The van der Waals surface area contributed by atoms with Crippen LogP contribution in [0.25, 0.3) is 10.9 Å². The minimum absolute atomic E-state index is 0.239. The third-order valence-electron chi connectivity index (χ3n) is 4.49. The Labute approximate surface area is 170 Å². The van der Waals surface area contributed by atoms with E-state index in [1.807, 2.05) is 6.07 Å². The molecule has 1 aromatic carbocycles. The lowest BCUT2D eigenvalue weighted by Gasteiger charge is -2.11. The normalized spacial score (nSPS) is 11.2. The molecule has 2 aromatic heterocycles. The van der Waals surface area contributed by atoms with Gasteiger partial charge in [0.25, 0.3) is 0 Å². The minimum atomic E-state index is -5.08. The van der Waals surface area contributed by atoms with Crippen molar-refractivity contribution in [3.05, 3.63) is 59.2 Å². The van der Waals surface area contributed by atoms with Gasteiger partial charge in [0.2, 0.25) is 5.88 Å². The highest BCUT2D eigenvalue weighted by Crippen LogP contribution is 2.31. The van der Waals surface area contributed by atoms with Crippen LogP contribution in [0.5, 0.6) is 5.88 Å². The molecule has 1 N–H and O–H groups in total. The van der Waals surface area contributed by atoms with Gasteiger partial charge in [0, 0.05) is 23.8 Å². The van der Waals surface area contributed by atoms with Gasteiger partial charge < -0.3 is 14.4 Å². The van der Waals surface area contributed by atoms with Crippen LogP contribution in [-0.4, -0.2) is 26.8 Å². The largest absolute Gasteiger partial charge is 0.490 e. The van der Waals surface area contributed by atoms with Crippen LogP contribution in [0.3, 0.4) is 0 Å². The summed E-state index contributed by atoms with van der Waals surface area (Å²) in [4.78, 5) is 13.3. The second kappa shape index (κ2) is 9.60. The molecule has 0 unspecified atom stereocenters. The van der Waals surface area contributed by atoms with Crippen LogP contribution in [0.2, 0.25) is 0 Å². The number of halogens is 4. The second-order valence-electron chi connectivity index (χ2n) is 6.59. The Hall–Kier alpha value is -3.10. The van der Waals surface area contributed by atoms with Gasteiger partial charge in [-0.25, -0.2) is 14.2 Å². The molecule has 0 atom stereocenters. The summed E-state index contributed by atoms with van der Waals surface area (Å²) < 4.78 is 52.9. The number of carboxylic acid groups (broad SMARTS) is 1. The lowest BCUT2D eigenvalue weighted by atomic mass is 10.2. The van der Waals surface area contributed by atoms with Gasteiger partial charge in [-0.2, -0.15) is 13.2 Å². The molecule has 0 amide bonds. The van der Waals surface area contributed by atoms with Crippen molar-refractivity contribution in [3.8, 4) is 5.88 Å². The van der Waals surface area contributed by atoms with Gasteiger partial charge in [-0.15, -0.1) is 0 Å². The van der Waals surface area contributed by atoms with Gasteiger partial charge in [0.15, 0.2) is 0 Å². The Kier molecular flexibility index (Phi) is 7.42. The number of pyridine rings is 1. The number of aryl methyl sites for hydroxylation is 2. The number of fused-ring (bicyclic) bond motifs is 1. The van der Waals surface area contributed by atoms with Crippen molar-refractivity contribution in [1.82, 2.24) is 9.55 Å². The van der Waals surface area contributed by atoms with Crippen molar-refractivity contribution in [2.45, 2.75) is 46.5 Å². The zero-order chi connectivity index (χ0) is 22.5. The molecule has 0 bridgehead atoms. The van der Waals surface area contributed by atoms with E-state index in [4.69, 9.17) is 14.6 Å². The number of aromatic nitrogens is 2. The minimum Gasteiger partial charge on any atom is -0.475 e. The summed E-state index contributed by atoms with van der Waals surface area (Å²) in [7, 11) is 0. The molecule has 0 aliphatic heterocycles. The molecule has 3 rings (SSSR count). The van der Waals surface area contributed by atoms with Crippen LogP contribution >= 0.6 is 0 Å². The molecule has 0 aliphatic rings. The molecule has 0 spiro atoms. The number of ether oxygens (including phenoxy) is 1. The van der Waals surface area contributed by atoms with E-state index < -0.39 is 12.1 Å². The van der Waals surface area contributed by atoms with Crippen LogP contribution < -0.4 is 4.74 Å². The number of nitrogens with zero attached hydrogens (tertiary/aromatic N) is 2. The van der Waals surface area contributed by atoms with Gasteiger partial charge in [0.1, 0.15) is 17.9 Å². The monoisotopic (exact) mass is 426 g/mol. The van der Waals surface area contributed by atoms with Crippen molar-refractivity contribution < 1.29 is 32.2 Å². The lowest BCUT2D eigenvalue weighted by molar-refractivity contribution is -0.192. The van der Waals surface area contributed by atoms with Crippen LogP contribution in [0.1, 0.15) is 30.2 Å². The van der Waals surface area contributed by atoms with Crippen molar-refractivity contribution in [1.29, 1.82) is 0 Å². The predicted octanol–water partition coefficient (Wildman–Crippen LogP) is 5.41. The fraction of sp³-hybridized carbons (Fsp3) is 0.333. The topological polar surface area (TPSA) is 64.4 Å². The highest BCUT2D eigenvalue weighted by Gasteiger charge is 2.38. The first-order valence-corrected chi connectivity index (χ1v) is 9.18. The molecular weight excluding hydrogens is 404 g/mol. The predicted molar refractivity (Wildman–Crippen MR) is 104 cm³/mol. The Morgan fingerprint density at radius 1 is 1.17 bits per heavy atom. The Morgan fingerprint density at radius 3 is 2.30 bits per heavy atom. The van der Waals surface area contributed by atoms with Crippen LogP contribution in [0, 0.1) is 19.7 Å². The highest BCUT2D eigenvalue weighted by atomic mass is 19.4. The lowest BCUT2D eigenvalue weighted by Crippen LogP contribution is -2.21. The smallest absolute Gasteiger partial charge is 0.475 e. The third-order valence-corrected chi connectivity index (χ3v) is 4.49. The molecule has 0 radical (unpaired) electrons. The molecule has 0 saturated heterocycles. The van der Waals surface area contributed by atoms with Gasteiger partial charge in [-0.1, -0.05) is 19.1 Å². The van der Waals surface area contributed by atoms with E-state index in [-0.39, 0.29) is 5.82 Å². The average molecular weight is 426 g/mol. The quantitative estimate of drug-likeness (QED) is 0.554. The Morgan fingerprint density at radius 2 is 1.77 bits per heavy atom. The zero-order valence-electron chi connectivity index (χ0n) is 16.8. The molecule has 5 nitrogen and oxygen atoms in total. The molecular formula is C21H22F4N2O3. The summed E-state index contributed by atoms with van der Waals surface area (Å²) in [6, 6.07) is 8.39. The van der Waals surface area contributed by atoms with E-state index in [1.165, 1.54) is 28.8 Å². The first-order valence-electron chi connectivity index (χ1n) is 9.18. The van der Waals surface area contributed by atoms with E-state index in [0.29, 0.717) is 12.5 Å². The van der Waals surface area contributed by atoms with Crippen molar-refractivity contribution in [3.63, 3.8) is 0 Å². The maximum Gasteiger partial charge on any atom is 0.490 e. The number of rotatable bonds is 5. The molecule has 162 valence electrons. The Balaban J connectivity index is 0.000000396. The maximum atomic E-state index is 13.0. The number of hydrogen-bond acceptors (Lipinski definition) is 3. The van der Waals surface area contributed by atoms with Crippen LogP contribution in [0.4, 0.5) is 17.6 Å². The Bertz CT molecular complexity index is 1010. The van der Waals surface area contributed by atoms with Crippen LogP contribution in [-0.2, 0) is 17.9 Å². The first-order chi connectivity index (χ1) is 14.1. The maximum absolute atomic E-state index is 13.0. The van der Waals surface area contributed by atoms with Gasteiger partial charge in [0.05, 0.1) is 0 Å². The van der Waals surface area contributed by atoms with Crippen molar-refractivity contribution in [2.24, 2.45) is 0 Å². The molecule has 30 heavy (non-hydrogen) atoms. The molecule has 3 aromatic rings. The summed E-state index contributed by atoms with van der Waals surface area (Å²) in [5.41, 5.74) is 4.49. The van der Waals surface area contributed by atoms with Gasteiger partial charge in [-0.05, 0) is 49.6 Å². The van der Waals surface area contributed by atoms with E-state index in [1.54, 1.807) is 18.3 Å². The summed E-state index contributed by atoms with van der Waals surface area (Å²) in [5.74, 6) is -2.36. The number of carbonyl (C=O) groups is 1. The summed E-state index contributed by atoms with van der Waals surface area (Å²) in [6.07, 6.45) is -2.25. The van der Waals surface area contributed by atoms with E-state index in [2.05, 4.69) is 30.3 Å². The van der Waals surface area contributed by atoms with E-state index in [9.17, 15) is 17.6 Å². The standard InChI is InChI=1S/C19H21FN2O.C2HF3O2/c1-4-11-22-14(3)13(2)17-9-10-21-19(18(17)22)23-12-15-5-7-16(20)8-6-15;3-2(4,5)1(6)7/h5-10H,4,11-12H2,1-3H3;(H,6,7). The summed E-state index contributed by atoms with van der Waals surface area (Å²) in [5, 5.41) is 8.31. The summed E-state index contributed by atoms with van der Waals surface area (Å²) in [6.45, 7) is 7.74. The van der Waals surface area contributed by atoms with Crippen molar-refractivity contribution >= 4 is 16.9 Å². The van der Waals surface area contributed by atoms with Crippen molar-refractivity contribution in [2.75, 3.05) is 0 Å². The van der Waals surface area contributed by atoms with E-state index >= 15 is 0 Å². The second-order valence-corrected chi connectivity index (χ2v) is 6.59. The molecule has 9 heteroatoms. The highest BCUT2D eigenvalue weighted by molar-refractivity contribution is 5.88. The SMILES string of the molecule is CCCn1c(C)c(C)c2ccnc(OCc3ccc(F)cc3)c21.O=C(O)C(F)(F)F. The summed E-state index contributed by atoms with van der Waals surface area (Å²) >= 11 is 0. The number of aliphatic carboxylic acids is 1. The van der Waals surface area contributed by atoms with E-state index in [0.717, 1.165) is 24.0 Å². The fourth-order valence-electron chi connectivity index (χ4n) is 2.90. The number of carboxylic acids is 1. The first kappa shape index (κ1) is 23.2. The molecule has 2 heterocycles. The number of benzene rings is 1.